The molecule has 0 saturated heterocycles. The lowest BCUT2D eigenvalue weighted by Crippen LogP contribution is -2.02. The lowest BCUT2D eigenvalue weighted by Gasteiger charge is -2.11. The van der Waals surface area contributed by atoms with Crippen LogP contribution in [0.2, 0.25) is 10.0 Å². The minimum absolute atomic E-state index is 0.639. The standard InChI is InChI=1S/C13H15Cl2N3/c1-4-18-7-9(3)16-13(18)17-12-6-10(14)8(2)5-11(12)15/h5-7H,4H2,1-3H3,(H,16,17). The molecular weight excluding hydrogens is 269 g/mol. The Morgan fingerprint density at radius 2 is 1.94 bits per heavy atom. The topological polar surface area (TPSA) is 29.9 Å². The van der Waals surface area contributed by atoms with Crippen LogP contribution in [-0.2, 0) is 6.54 Å². The van der Waals surface area contributed by atoms with Gasteiger partial charge in [-0.15, -0.1) is 0 Å². The second-order valence-electron chi connectivity index (χ2n) is 4.20. The molecule has 0 unspecified atom stereocenters. The molecule has 1 aromatic carbocycles. The molecule has 0 saturated carbocycles. The van der Waals surface area contributed by atoms with Crippen LogP contribution in [0.1, 0.15) is 18.2 Å². The summed E-state index contributed by atoms with van der Waals surface area (Å²) in [6.45, 7) is 6.80. The lowest BCUT2D eigenvalue weighted by atomic mass is 10.2. The number of anilines is 2. The molecule has 0 amide bonds. The number of hydrogen-bond donors (Lipinski definition) is 1. The maximum Gasteiger partial charge on any atom is 0.207 e. The van der Waals surface area contributed by atoms with Crippen molar-refractivity contribution in [2.75, 3.05) is 5.32 Å². The molecule has 1 N–H and O–H groups in total. The Bertz CT molecular complexity index is 576. The monoisotopic (exact) mass is 283 g/mol. The molecule has 18 heavy (non-hydrogen) atoms. The molecule has 1 heterocycles. The van der Waals surface area contributed by atoms with Gasteiger partial charge in [0.05, 0.1) is 16.4 Å². The van der Waals surface area contributed by atoms with Gasteiger partial charge in [0.25, 0.3) is 0 Å². The number of imidazole rings is 1. The van der Waals surface area contributed by atoms with Crippen molar-refractivity contribution >= 4 is 34.8 Å². The molecule has 0 aliphatic carbocycles. The number of aryl methyl sites for hydroxylation is 3. The van der Waals surface area contributed by atoms with Gasteiger partial charge in [-0.05, 0) is 38.5 Å². The first-order chi connectivity index (χ1) is 8.51. The minimum Gasteiger partial charge on any atom is -0.324 e. The van der Waals surface area contributed by atoms with Gasteiger partial charge in [-0.2, -0.15) is 0 Å². The van der Waals surface area contributed by atoms with Gasteiger partial charge in [-0.25, -0.2) is 4.98 Å². The number of benzene rings is 1. The number of nitrogens with one attached hydrogen (secondary N) is 1. The van der Waals surface area contributed by atoms with E-state index in [0.717, 1.165) is 29.4 Å². The fourth-order valence-electron chi connectivity index (χ4n) is 1.75. The number of hydrogen-bond acceptors (Lipinski definition) is 2. The second kappa shape index (κ2) is 5.21. The smallest absolute Gasteiger partial charge is 0.207 e. The SMILES string of the molecule is CCn1cc(C)nc1Nc1cc(Cl)c(C)cc1Cl. The fourth-order valence-corrected chi connectivity index (χ4v) is 2.18. The second-order valence-corrected chi connectivity index (χ2v) is 5.01. The molecule has 3 nitrogen and oxygen atoms in total. The largest absolute Gasteiger partial charge is 0.324 e. The van der Waals surface area contributed by atoms with Gasteiger partial charge in [0, 0.05) is 17.8 Å². The number of aromatic nitrogens is 2. The average molecular weight is 284 g/mol. The summed E-state index contributed by atoms with van der Waals surface area (Å²) in [4.78, 5) is 4.42. The van der Waals surface area contributed by atoms with Gasteiger partial charge in [-0.1, -0.05) is 23.2 Å². The summed E-state index contributed by atoms with van der Waals surface area (Å²) in [7, 11) is 0. The quantitative estimate of drug-likeness (QED) is 0.894. The molecule has 0 aliphatic rings. The number of rotatable bonds is 3. The molecule has 0 fully saturated rings. The summed E-state index contributed by atoms with van der Waals surface area (Å²) in [5.41, 5.74) is 2.70. The van der Waals surface area contributed by atoms with Crippen LogP contribution >= 0.6 is 23.2 Å². The molecule has 0 spiro atoms. The summed E-state index contributed by atoms with van der Waals surface area (Å²) in [5, 5.41) is 4.54. The van der Waals surface area contributed by atoms with Crippen molar-refractivity contribution in [2.45, 2.75) is 27.3 Å². The number of halogens is 2. The van der Waals surface area contributed by atoms with Crippen LogP contribution in [-0.4, -0.2) is 9.55 Å². The average Bonchev–Trinajstić information content (AvgIpc) is 2.66. The Balaban J connectivity index is 2.36. The maximum absolute atomic E-state index is 6.20. The first-order valence-electron chi connectivity index (χ1n) is 5.77. The third kappa shape index (κ3) is 2.62. The van der Waals surface area contributed by atoms with Crippen LogP contribution in [0.3, 0.4) is 0 Å². The van der Waals surface area contributed by atoms with E-state index in [2.05, 4.69) is 17.2 Å². The van der Waals surface area contributed by atoms with Gasteiger partial charge < -0.3 is 9.88 Å². The Morgan fingerprint density at radius 3 is 2.61 bits per heavy atom. The Kier molecular flexibility index (Phi) is 3.83. The number of nitrogens with zero attached hydrogens (tertiary/aromatic N) is 2. The van der Waals surface area contributed by atoms with E-state index in [1.165, 1.54) is 0 Å². The summed E-state index contributed by atoms with van der Waals surface area (Å²) >= 11 is 12.3. The van der Waals surface area contributed by atoms with Crippen molar-refractivity contribution in [3.63, 3.8) is 0 Å². The van der Waals surface area contributed by atoms with Crippen molar-refractivity contribution in [3.8, 4) is 0 Å². The highest BCUT2D eigenvalue weighted by Crippen LogP contribution is 2.30. The van der Waals surface area contributed by atoms with Crippen molar-refractivity contribution in [3.05, 3.63) is 39.6 Å². The van der Waals surface area contributed by atoms with E-state index in [1.54, 1.807) is 0 Å². The first kappa shape index (κ1) is 13.2. The zero-order chi connectivity index (χ0) is 13.3. The van der Waals surface area contributed by atoms with E-state index in [1.807, 2.05) is 36.7 Å². The summed E-state index contributed by atoms with van der Waals surface area (Å²) < 4.78 is 2.03. The zero-order valence-corrected chi connectivity index (χ0v) is 12.1. The Labute approximate surface area is 117 Å². The normalized spacial score (nSPS) is 10.7. The van der Waals surface area contributed by atoms with Crippen molar-refractivity contribution in [1.29, 1.82) is 0 Å². The fraction of sp³-hybridized carbons (Fsp3) is 0.308. The molecule has 96 valence electrons. The highest BCUT2D eigenvalue weighted by atomic mass is 35.5. The van der Waals surface area contributed by atoms with Gasteiger partial charge in [0.15, 0.2) is 0 Å². The lowest BCUT2D eigenvalue weighted by molar-refractivity contribution is 0.771. The predicted molar refractivity (Wildman–Crippen MR) is 77.1 cm³/mol. The molecule has 2 rings (SSSR count). The Morgan fingerprint density at radius 1 is 1.22 bits per heavy atom. The van der Waals surface area contributed by atoms with Crippen molar-refractivity contribution < 1.29 is 0 Å². The van der Waals surface area contributed by atoms with Crippen LogP contribution in [0.4, 0.5) is 11.6 Å². The van der Waals surface area contributed by atoms with Gasteiger partial charge in [0.2, 0.25) is 5.95 Å². The highest BCUT2D eigenvalue weighted by Gasteiger charge is 2.09. The molecule has 0 aliphatic heterocycles. The van der Waals surface area contributed by atoms with E-state index in [0.29, 0.717) is 10.0 Å². The van der Waals surface area contributed by atoms with E-state index < -0.39 is 0 Å². The third-order valence-corrected chi connectivity index (χ3v) is 3.45. The van der Waals surface area contributed by atoms with Crippen LogP contribution < -0.4 is 5.32 Å². The minimum atomic E-state index is 0.639. The Hall–Kier alpha value is -1.19. The van der Waals surface area contributed by atoms with Crippen LogP contribution in [0.25, 0.3) is 0 Å². The van der Waals surface area contributed by atoms with Gasteiger partial charge in [0.1, 0.15) is 0 Å². The van der Waals surface area contributed by atoms with E-state index in [9.17, 15) is 0 Å². The predicted octanol–water partition coefficient (Wildman–Crippen LogP) is 4.57. The molecule has 1 aromatic heterocycles. The van der Waals surface area contributed by atoms with Gasteiger partial charge >= 0.3 is 0 Å². The molecule has 2 aromatic rings. The molecule has 0 atom stereocenters. The van der Waals surface area contributed by atoms with Crippen molar-refractivity contribution in [1.82, 2.24) is 9.55 Å². The molecule has 5 heteroatoms. The van der Waals surface area contributed by atoms with E-state index in [-0.39, 0.29) is 0 Å². The first-order valence-corrected chi connectivity index (χ1v) is 6.53. The third-order valence-electron chi connectivity index (χ3n) is 2.73. The maximum atomic E-state index is 6.20. The summed E-state index contributed by atoms with van der Waals surface area (Å²) in [5.74, 6) is 0.775. The van der Waals surface area contributed by atoms with E-state index >= 15 is 0 Å². The van der Waals surface area contributed by atoms with Crippen molar-refractivity contribution in [2.24, 2.45) is 0 Å². The molecule has 0 bridgehead atoms. The zero-order valence-electron chi connectivity index (χ0n) is 10.6. The van der Waals surface area contributed by atoms with Crippen LogP contribution in [0.5, 0.6) is 0 Å². The highest BCUT2D eigenvalue weighted by molar-refractivity contribution is 6.35. The van der Waals surface area contributed by atoms with E-state index in [4.69, 9.17) is 23.2 Å². The van der Waals surface area contributed by atoms with Gasteiger partial charge in [-0.3, -0.25) is 0 Å². The summed E-state index contributed by atoms with van der Waals surface area (Å²) in [6, 6.07) is 3.67. The summed E-state index contributed by atoms with van der Waals surface area (Å²) in [6.07, 6.45) is 1.99. The molecule has 0 radical (unpaired) electrons. The molecular formula is C13H15Cl2N3. The van der Waals surface area contributed by atoms with Crippen LogP contribution in [0, 0.1) is 13.8 Å². The van der Waals surface area contributed by atoms with Crippen LogP contribution in [0.15, 0.2) is 18.3 Å².